The molecule has 0 saturated heterocycles. The summed E-state index contributed by atoms with van der Waals surface area (Å²) in [6.07, 6.45) is 0. The van der Waals surface area contributed by atoms with E-state index in [1.165, 1.54) is 44.2 Å². The van der Waals surface area contributed by atoms with Crippen LogP contribution in [0.15, 0.2) is 180 Å². The molecular weight excluding hydrogens is 647 g/mol. The van der Waals surface area contributed by atoms with Crippen molar-refractivity contribution in [3.63, 3.8) is 0 Å². The van der Waals surface area contributed by atoms with E-state index in [2.05, 4.69) is 140 Å². The lowest BCUT2D eigenvalue weighted by Crippen LogP contribution is -2.00. The van der Waals surface area contributed by atoms with Gasteiger partial charge in [-0.3, -0.25) is 0 Å². The minimum atomic E-state index is 0.602. The van der Waals surface area contributed by atoms with Crippen molar-refractivity contribution in [2.24, 2.45) is 0 Å². The molecule has 2 heterocycles. The molecule has 0 saturated carbocycles. The Kier molecular flexibility index (Phi) is 6.52. The zero-order chi connectivity index (χ0) is 34.9. The highest BCUT2D eigenvalue weighted by Gasteiger charge is 2.23. The van der Waals surface area contributed by atoms with Gasteiger partial charge in [0.2, 0.25) is 0 Å². The van der Waals surface area contributed by atoms with Crippen molar-refractivity contribution in [1.82, 2.24) is 15.0 Å². The molecule has 4 heteroatoms. The average Bonchev–Trinajstić information content (AvgIpc) is 3.78. The fourth-order valence-electron chi connectivity index (χ4n) is 8.02. The van der Waals surface area contributed by atoms with E-state index in [-0.39, 0.29) is 0 Å². The standard InChI is InChI=1S/C49H29N3O/c1-2-10-30(11-3-1)31-20-24-33(25-21-31)47-50-48(52-49(51-47)42-17-9-19-44-46(42)41-14-6-7-18-43(41)53-44)34-26-22-32(23-27-34)35-28-29-40-37-13-5-4-12-36(37)39-16-8-15-38(35)45(39)40/h1-29H. The van der Waals surface area contributed by atoms with Crippen molar-refractivity contribution < 1.29 is 4.42 Å². The summed E-state index contributed by atoms with van der Waals surface area (Å²) in [4.78, 5) is 15.4. The van der Waals surface area contributed by atoms with Crippen LogP contribution in [-0.4, -0.2) is 15.0 Å². The number of rotatable bonds is 5. The molecule has 0 spiro atoms. The van der Waals surface area contributed by atoms with Crippen LogP contribution in [0.1, 0.15) is 0 Å². The minimum absolute atomic E-state index is 0.602. The molecule has 8 aromatic carbocycles. The van der Waals surface area contributed by atoms with Gasteiger partial charge in [0, 0.05) is 27.5 Å². The molecule has 246 valence electrons. The third kappa shape index (κ3) is 4.73. The van der Waals surface area contributed by atoms with Crippen molar-refractivity contribution in [1.29, 1.82) is 0 Å². The molecule has 0 fully saturated rings. The molecule has 0 radical (unpaired) electrons. The summed E-state index contributed by atoms with van der Waals surface area (Å²) < 4.78 is 6.25. The molecule has 4 nitrogen and oxygen atoms in total. The van der Waals surface area contributed by atoms with E-state index in [0.717, 1.165) is 49.8 Å². The molecule has 0 atom stereocenters. The molecule has 0 amide bonds. The Hall–Kier alpha value is -7.17. The van der Waals surface area contributed by atoms with Crippen LogP contribution in [0.3, 0.4) is 0 Å². The summed E-state index contributed by atoms with van der Waals surface area (Å²) in [5, 5.41) is 4.61. The van der Waals surface area contributed by atoms with Gasteiger partial charge in [-0.1, -0.05) is 164 Å². The van der Waals surface area contributed by atoms with Gasteiger partial charge in [0.05, 0.1) is 0 Å². The maximum absolute atomic E-state index is 6.25. The van der Waals surface area contributed by atoms with Crippen molar-refractivity contribution in [3.8, 4) is 78.7 Å². The molecule has 1 aliphatic carbocycles. The van der Waals surface area contributed by atoms with Gasteiger partial charge < -0.3 is 4.42 Å². The SMILES string of the molecule is c1ccc(-c2ccc(-c3nc(-c4ccc(-c5ccc6c7c(cccc57)-c5ccccc5-6)cc4)nc(-c4cccc5oc6ccccc6c45)n3)cc2)cc1. The number of fused-ring (bicyclic) bond motifs is 6. The van der Waals surface area contributed by atoms with E-state index in [0.29, 0.717) is 17.5 Å². The van der Waals surface area contributed by atoms with Crippen molar-refractivity contribution >= 4 is 32.7 Å². The normalized spacial score (nSPS) is 11.8. The second-order valence-electron chi connectivity index (χ2n) is 13.5. The summed E-state index contributed by atoms with van der Waals surface area (Å²) >= 11 is 0. The van der Waals surface area contributed by atoms with E-state index in [4.69, 9.17) is 19.4 Å². The second kappa shape index (κ2) is 11.7. The zero-order valence-corrected chi connectivity index (χ0v) is 28.5. The molecule has 1 aliphatic rings. The predicted octanol–water partition coefficient (Wildman–Crippen LogP) is 12.9. The van der Waals surface area contributed by atoms with Gasteiger partial charge in [0.25, 0.3) is 0 Å². The van der Waals surface area contributed by atoms with Gasteiger partial charge in [-0.25, -0.2) is 15.0 Å². The second-order valence-corrected chi connectivity index (χ2v) is 13.5. The molecule has 0 bridgehead atoms. The topological polar surface area (TPSA) is 51.8 Å². The Bertz CT molecular complexity index is 3010. The van der Waals surface area contributed by atoms with Crippen molar-refractivity contribution in [2.75, 3.05) is 0 Å². The van der Waals surface area contributed by atoms with Gasteiger partial charge >= 0.3 is 0 Å². The minimum Gasteiger partial charge on any atom is -0.456 e. The Morgan fingerprint density at radius 1 is 0.264 bits per heavy atom. The van der Waals surface area contributed by atoms with E-state index >= 15 is 0 Å². The fraction of sp³-hybridized carbons (Fsp3) is 0. The first-order valence-electron chi connectivity index (χ1n) is 17.9. The van der Waals surface area contributed by atoms with Crippen LogP contribution < -0.4 is 0 Å². The van der Waals surface area contributed by atoms with Crippen LogP contribution in [0.5, 0.6) is 0 Å². The van der Waals surface area contributed by atoms with Crippen LogP contribution in [-0.2, 0) is 0 Å². The molecular formula is C49H29N3O. The third-order valence-electron chi connectivity index (χ3n) is 10.5. The lowest BCUT2D eigenvalue weighted by molar-refractivity contribution is 0.669. The van der Waals surface area contributed by atoms with E-state index < -0.39 is 0 Å². The quantitative estimate of drug-likeness (QED) is 0.182. The summed E-state index contributed by atoms with van der Waals surface area (Å²) in [7, 11) is 0. The highest BCUT2D eigenvalue weighted by atomic mass is 16.3. The average molecular weight is 676 g/mol. The zero-order valence-electron chi connectivity index (χ0n) is 28.5. The number of benzene rings is 8. The van der Waals surface area contributed by atoms with Crippen LogP contribution in [0.2, 0.25) is 0 Å². The number of hydrogen-bond donors (Lipinski definition) is 0. The smallest absolute Gasteiger partial charge is 0.164 e. The van der Waals surface area contributed by atoms with E-state index in [9.17, 15) is 0 Å². The molecule has 0 aliphatic heterocycles. The van der Waals surface area contributed by atoms with E-state index in [1.54, 1.807) is 0 Å². The number of para-hydroxylation sites is 1. The number of furan rings is 1. The molecule has 0 unspecified atom stereocenters. The predicted molar refractivity (Wildman–Crippen MR) is 216 cm³/mol. The first-order chi connectivity index (χ1) is 26.3. The largest absolute Gasteiger partial charge is 0.456 e. The molecule has 0 N–H and O–H groups in total. The van der Waals surface area contributed by atoms with Crippen LogP contribution in [0.25, 0.3) is 111 Å². The Morgan fingerprint density at radius 2 is 0.755 bits per heavy atom. The van der Waals surface area contributed by atoms with Crippen molar-refractivity contribution in [3.05, 3.63) is 176 Å². The van der Waals surface area contributed by atoms with Gasteiger partial charge in [-0.2, -0.15) is 0 Å². The van der Waals surface area contributed by atoms with Gasteiger partial charge in [-0.05, 0) is 67.4 Å². The number of hydrogen-bond acceptors (Lipinski definition) is 4. The first kappa shape index (κ1) is 29.5. The van der Waals surface area contributed by atoms with Crippen LogP contribution >= 0.6 is 0 Å². The van der Waals surface area contributed by atoms with E-state index in [1.807, 2.05) is 36.4 Å². The molecule has 11 rings (SSSR count). The molecule has 53 heavy (non-hydrogen) atoms. The van der Waals surface area contributed by atoms with Crippen LogP contribution in [0, 0.1) is 0 Å². The summed E-state index contributed by atoms with van der Waals surface area (Å²) in [6.45, 7) is 0. The monoisotopic (exact) mass is 675 g/mol. The van der Waals surface area contributed by atoms with Crippen molar-refractivity contribution in [2.45, 2.75) is 0 Å². The first-order valence-corrected chi connectivity index (χ1v) is 17.9. The highest BCUT2D eigenvalue weighted by Crippen LogP contribution is 2.49. The summed E-state index contributed by atoms with van der Waals surface area (Å²) in [5.41, 5.74) is 14.2. The van der Waals surface area contributed by atoms with Gasteiger partial charge in [0.15, 0.2) is 17.5 Å². The fourth-order valence-corrected chi connectivity index (χ4v) is 8.02. The number of aromatic nitrogens is 3. The molecule has 10 aromatic rings. The Labute approximate surface area is 305 Å². The highest BCUT2D eigenvalue weighted by molar-refractivity contribution is 6.18. The molecule has 2 aromatic heterocycles. The van der Waals surface area contributed by atoms with Gasteiger partial charge in [-0.15, -0.1) is 0 Å². The maximum atomic E-state index is 6.25. The lowest BCUT2D eigenvalue weighted by Gasteiger charge is -2.12. The third-order valence-corrected chi connectivity index (χ3v) is 10.5. The summed E-state index contributed by atoms with van der Waals surface area (Å²) in [6, 6.07) is 61.5. The number of nitrogens with zero attached hydrogens (tertiary/aromatic N) is 3. The Morgan fingerprint density at radius 3 is 1.51 bits per heavy atom. The lowest BCUT2D eigenvalue weighted by atomic mass is 9.94. The maximum Gasteiger partial charge on any atom is 0.164 e. The van der Waals surface area contributed by atoms with Crippen LogP contribution in [0.4, 0.5) is 0 Å². The Balaban J connectivity index is 1.05. The summed E-state index contributed by atoms with van der Waals surface area (Å²) in [5.74, 6) is 1.83. The van der Waals surface area contributed by atoms with Gasteiger partial charge in [0.1, 0.15) is 11.2 Å².